The predicted molar refractivity (Wildman–Crippen MR) is 160 cm³/mol. The zero-order chi connectivity index (χ0) is 30.7. The first-order chi connectivity index (χ1) is 20.5. The lowest BCUT2D eigenvalue weighted by molar-refractivity contribution is -0.168. The normalized spacial score (nSPS) is 27.9. The van der Waals surface area contributed by atoms with Gasteiger partial charge in [-0.1, -0.05) is 30.4 Å². The van der Waals surface area contributed by atoms with E-state index in [-0.39, 0.29) is 23.8 Å². The second-order valence-electron chi connectivity index (χ2n) is 12.3. The summed E-state index contributed by atoms with van der Waals surface area (Å²) in [6.45, 7) is 8.26. The minimum atomic E-state index is -1.08. The average molecular weight is 592 g/mol. The Morgan fingerprint density at radius 2 is 1.65 bits per heavy atom. The van der Waals surface area contributed by atoms with Crippen LogP contribution in [0.2, 0.25) is 0 Å². The first-order valence-electron chi connectivity index (χ1n) is 15.1. The molecular weight excluding hydrogens is 550 g/mol. The number of cyclic esters (lactones) is 1. The average Bonchev–Trinajstić information content (AvgIpc) is 3.01. The highest BCUT2D eigenvalue weighted by molar-refractivity contribution is 5.91. The Labute approximate surface area is 251 Å². The summed E-state index contributed by atoms with van der Waals surface area (Å²) in [5.74, 6) is -1.93. The van der Waals surface area contributed by atoms with E-state index >= 15 is 0 Å². The van der Waals surface area contributed by atoms with Crippen LogP contribution >= 0.6 is 0 Å². The minimum Gasteiger partial charge on any atom is -0.451 e. The van der Waals surface area contributed by atoms with E-state index in [4.69, 9.17) is 14.5 Å². The number of carbonyl (C=O) groups excluding carboxylic acids is 4. The quantitative estimate of drug-likeness (QED) is 0.431. The fraction of sp³-hybridized carbons (Fsp3) is 0.531. The van der Waals surface area contributed by atoms with E-state index in [9.17, 15) is 19.2 Å². The van der Waals surface area contributed by atoms with E-state index in [1.165, 1.54) is 5.01 Å². The Hall–Kier alpha value is -3.83. The second kappa shape index (κ2) is 12.8. The Kier molecular flexibility index (Phi) is 9.12. The smallest absolute Gasteiger partial charge is 0.316 e. The van der Waals surface area contributed by atoms with Gasteiger partial charge in [-0.15, -0.1) is 0 Å². The molecule has 4 atom stereocenters. The molecule has 5 rings (SSSR count). The van der Waals surface area contributed by atoms with Gasteiger partial charge in [0.2, 0.25) is 5.91 Å². The number of esters is 1. The maximum absolute atomic E-state index is 13.6. The molecule has 5 bridgehead atoms. The Balaban J connectivity index is 1.49. The Morgan fingerprint density at radius 1 is 0.930 bits per heavy atom. The number of nitrogens with one attached hydrogen (secondary N) is 3. The topological polar surface area (TPSA) is 139 Å². The molecule has 2 saturated heterocycles. The summed E-state index contributed by atoms with van der Waals surface area (Å²) in [5, 5.41) is 8.13. The molecular formula is C32H41N5O6. The molecule has 1 aromatic carbocycles. The number of pyridine rings is 1. The zero-order valence-electron chi connectivity index (χ0n) is 25.2. The van der Waals surface area contributed by atoms with Crippen LogP contribution in [0.4, 0.5) is 0 Å². The Morgan fingerprint density at radius 3 is 2.42 bits per heavy atom. The van der Waals surface area contributed by atoms with E-state index in [0.717, 1.165) is 16.5 Å². The molecule has 4 heterocycles. The van der Waals surface area contributed by atoms with Crippen LogP contribution in [0, 0.1) is 11.3 Å². The van der Waals surface area contributed by atoms with Gasteiger partial charge >= 0.3 is 5.97 Å². The van der Waals surface area contributed by atoms with Gasteiger partial charge in [-0.05, 0) is 71.1 Å². The molecule has 3 aliphatic rings. The first-order valence-corrected chi connectivity index (χ1v) is 15.1. The number of hydrogen-bond donors (Lipinski definition) is 3. The van der Waals surface area contributed by atoms with Crippen molar-refractivity contribution in [1.82, 2.24) is 26.1 Å². The van der Waals surface area contributed by atoms with Crippen LogP contribution < -0.4 is 16.1 Å². The maximum Gasteiger partial charge on any atom is 0.316 e. The van der Waals surface area contributed by atoms with Gasteiger partial charge in [0.15, 0.2) is 6.10 Å². The molecule has 0 saturated carbocycles. The van der Waals surface area contributed by atoms with Crippen molar-refractivity contribution < 1.29 is 28.7 Å². The van der Waals surface area contributed by atoms with Gasteiger partial charge in [0.05, 0.1) is 22.7 Å². The standard InChI is InChI=1S/C32H41N5O6/c1-19-24-10-9-22-8-7-21(18-26(22)35-24)11-14-32(3,4)31(41)43-27(23-12-16-42-17-13-23)29(39)34-20(2)30(40)37-15-5-6-25(36-37)28(38)33-19/h7-11,14,18-20,23,25,27,36H,5-6,12-13,15-17H2,1-4H3,(H,33,38)(H,34,39). The molecule has 11 heteroatoms. The van der Waals surface area contributed by atoms with Crippen molar-refractivity contribution in [2.45, 2.75) is 77.6 Å². The van der Waals surface area contributed by atoms with Crippen LogP contribution in [-0.4, -0.2) is 71.6 Å². The van der Waals surface area contributed by atoms with Crippen molar-refractivity contribution in [2.75, 3.05) is 19.8 Å². The molecule has 0 aliphatic carbocycles. The van der Waals surface area contributed by atoms with Crippen molar-refractivity contribution in [3.63, 3.8) is 0 Å². The van der Waals surface area contributed by atoms with Crippen molar-refractivity contribution in [3.8, 4) is 0 Å². The highest BCUT2D eigenvalue weighted by atomic mass is 16.6. The van der Waals surface area contributed by atoms with Gasteiger partial charge in [0.25, 0.3) is 11.8 Å². The van der Waals surface area contributed by atoms with E-state index < -0.39 is 35.5 Å². The number of rotatable bonds is 1. The molecule has 11 nitrogen and oxygen atoms in total. The Bertz CT molecular complexity index is 1420. The monoisotopic (exact) mass is 591 g/mol. The number of aromatic nitrogens is 1. The van der Waals surface area contributed by atoms with Gasteiger partial charge in [-0.3, -0.25) is 29.2 Å². The fourth-order valence-electron chi connectivity index (χ4n) is 5.63. The van der Waals surface area contributed by atoms with Crippen molar-refractivity contribution in [2.24, 2.45) is 11.3 Å². The summed E-state index contributed by atoms with van der Waals surface area (Å²) in [6, 6.07) is 7.79. The van der Waals surface area contributed by atoms with E-state index in [0.29, 0.717) is 51.1 Å². The third kappa shape index (κ3) is 7.05. The number of hydrazine groups is 1. The number of carbonyl (C=O) groups is 4. The zero-order valence-corrected chi connectivity index (χ0v) is 25.2. The third-order valence-corrected chi connectivity index (χ3v) is 8.44. The molecule has 3 N–H and O–H groups in total. The van der Waals surface area contributed by atoms with Crippen molar-refractivity contribution >= 4 is 40.7 Å². The fourth-order valence-corrected chi connectivity index (χ4v) is 5.63. The summed E-state index contributed by atoms with van der Waals surface area (Å²) in [7, 11) is 0. The lowest BCUT2D eigenvalue weighted by Gasteiger charge is -2.36. The van der Waals surface area contributed by atoms with Gasteiger partial charge in [-0.2, -0.15) is 0 Å². The largest absolute Gasteiger partial charge is 0.451 e. The predicted octanol–water partition coefficient (Wildman–Crippen LogP) is 2.80. The van der Waals surface area contributed by atoms with Crippen LogP contribution in [0.15, 0.2) is 36.4 Å². The number of amides is 3. The molecule has 230 valence electrons. The molecule has 2 fully saturated rings. The number of hydrogen-bond acceptors (Lipinski definition) is 8. The molecule has 4 unspecified atom stereocenters. The minimum absolute atomic E-state index is 0.236. The van der Waals surface area contributed by atoms with Crippen LogP contribution in [0.3, 0.4) is 0 Å². The molecule has 0 spiro atoms. The van der Waals surface area contributed by atoms with Crippen LogP contribution in [-0.2, 0) is 28.7 Å². The van der Waals surface area contributed by atoms with Gasteiger partial charge in [0, 0.05) is 31.1 Å². The van der Waals surface area contributed by atoms with E-state index in [2.05, 4.69) is 16.1 Å². The van der Waals surface area contributed by atoms with Gasteiger partial charge in [0.1, 0.15) is 12.1 Å². The lowest BCUT2D eigenvalue weighted by atomic mass is 9.90. The summed E-state index contributed by atoms with van der Waals surface area (Å²) >= 11 is 0. The lowest BCUT2D eigenvalue weighted by Crippen LogP contribution is -2.61. The first kappa shape index (κ1) is 30.6. The number of nitrogens with zero attached hydrogens (tertiary/aromatic N) is 2. The molecule has 2 aromatic rings. The second-order valence-corrected chi connectivity index (χ2v) is 12.3. The van der Waals surface area contributed by atoms with Gasteiger partial charge < -0.3 is 20.1 Å². The van der Waals surface area contributed by atoms with E-state index in [1.54, 1.807) is 26.8 Å². The number of fused-ring (bicyclic) bond motifs is 4. The number of benzene rings is 1. The summed E-state index contributed by atoms with van der Waals surface area (Å²) in [6.07, 6.45) is 4.81. The highest BCUT2D eigenvalue weighted by Gasteiger charge is 2.39. The molecule has 3 amide bonds. The van der Waals surface area contributed by atoms with Crippen LogP contribution in [0.25, 0.3) is 17.0 Å². The molecule has 43 heavy (non-hydrogen) atoms. The van der Waals surface area contributed by atoms with Crippen LogP contribution in [0.5, 0.6) is 0 Å². The summed E-state index contributed by atoms with van der Waals surface area (Å²) in [5.41, 5.74) is 4.31. The van der Waals surface area contributed by atoms with E-state index in [1.807, 2.05) is 43.3 Å². The van der Waals surface area contributed by atoms with Crippen molar-refractivity contribution in [1.29, 1.82) is 0 Å². The van der Waals surface area contributed by atoms with Gasteiger partial charge in [-0.25, -0.2) is 5.43 Å². The molecule has 1 aromatic heterocycles. The summed E-state index contributed by atoms with van der Waals surface area (Å²) in [4.78, 5) is 58.5. The number of ether oxygens (including phenoxy) is 2. The highest BCUT2D eigenvalue weighted by Crippen LogP contribution is 2.28. The third-order valence-electron chi connectivity index (χ3n) is 8.44. The van der Waals surface area contributed by atoms with Crippen molar-refractivity contribution in [3.05, 3.63) is 47.7 Å². The van der Waals surface area contributed by atoms with Crippen LogP contribution in [0.1, 0.15) is 70.7 Å². The maximum atomic E-state index is 13.6. The molecule has 0 radical (unpaired) electrons. The SMILES string of the molecule is CC1NC(=O)C(C2CCOCC2)OC(=O)C(C)(C)C=Cc2ccc3ccc(nc3c2)C(C)NC(=O)C2CCCN(N2)C1=O. The molecule has 3 aliphatic heterocycles. The summed E-state index contributed by atoms with van der Waals surface area (Å²) < 4.78 is 11.4.